The highest BCUT2D eigenvalue weighted by atomic mass is 16.2. The van der Waals surface area contributed by atoms with Crippen LogP contribution in [-0.2, 0) is 4.79 Å². The normalized spacial score (nSPS) is 26.6. The second-order valence-corrected chi connectivity index (χ2v) is 2.86. The fourth-order valence-electron chi connectivity index (χ4n) is 1.42. The van der Waals surface area contributed by atoms with Gasteiger partial charge in [0.25, 0.3) is 0 Å². The second-order valence-electron chi connectivity index (χ2n) is 2.86. The van der Waals surface area contributed by atoms with E-state index < -0.39 is 0 Å². The van der Waals surface area contributed by atoms with E-state index in [0.29, 0.717) is 0 Å². The quantitative estimate of drug-likeness (QED) is 0.495. The molecule has 1 radical (unpaired) electrons. The van der Waals surface area contributed by atoms with Crippen molar-refractivity contribution in [1.82, 2.24) is 4.90 Å². The van der Waals surface area contributed by atoms with E-state index in [1.807, 2.05) is 4.90 Å². The highest BCUT2D eigenvalue weighted by Crippen LogP contribution is 2.15. The number of hydrogen-bond donors (Lipinski definition) is 0. The molecule has 1 rings (SSSR count). The predicted octanol–water partition coefficient (Wildman–Crippen LogP) is 1.22. The van der Waals surface area contributed by atoms with Crippen molar-refractivity contribution < 1.29 is 4.79 Å². The van der Waals surface area contributed by atoms with Crippen LogP contribution in [0.15, 0.2) is 0 Å². The van der Waals surface area contributed by atoms with Gasteiger partial charge < -0.3 is 4.90 Å². The van der Waals surface area contributed by atoms with Gasteiger partial charge in [-0.15, -0.1) is 0 Å². The van der Waals surface area contributed by atoms with Crippen LogP contribution >= 0.6 is 0 Å². The molecule has 1 aliphatic rings. The van der Waals surface area contributed by atoms with E-state index in [-0.39, 0.29) is 11.9 Å². The van der Waals surface area contributed by atoms with Gasteiger partial charge in [0, 0.05) is 19.5 Å². The van der Waals surface area contributed by atoms with Crippen LogP contribution in [0.2, 0.25) is 0 Å². The molecule has 0 saturated carbocycles. The van der Waals surface area contributed by atoms with Crippen molar-refractivity contribution in [3.63, 3.8) is 0 Å². The van der Waals surface area contributed by atoms with E-state index >= 15 is 0 Å². The van der Waals surface area contributed by atoms with Crippen molar-refractivity contribution in [2.75, 3.05) is 6.54 Å². The molecule has 0 spiro atoms. The summed E-state index contributed by atoms with van der Waals surface area (Å²) in [6.45, 7) is 6.43. The minimum Gasteiger partial charge on any atom is -0.340 e. The molecule has 1 atom stereocenters. The molecular weight excluding hydrogens is 126 g/mol. The van der Waals surface area contributed by atoms with Gasteiger partial charge in [-0.1, -0.05) is 0 Å². The summed E-state index contributed by atoms with van der Waals surface area (Å²) < 4.78 is 0. The van der Waals surface area contributed by atoms with Crippen LogP contribution in [-0.4, -0.2) is 23.4 Å². The first-order valence-electron chi connectivity index (χ1n) is 3.82. The summed E-state index contributed by atoms with van der Waals surface area (Å²) in [6.07, 6.45) is 3.43. The van der Waals surface area contributed by atoms with Crippen LogP contribution < -0.4 is 0 Å². The van der Waals surface area contributed by atoms with Crippen LogP contribution in [0.1, 0.15) is 26.2 Å². The maximum absolute atomic E-state index is 10.9. The Morgan fingerprint density at radius 1 is 1.60 bits per heavy atom. The lowest BCUT2D eigenvalue weighted by Crippen LogP contribution is -2.40. The van der Waals surface area contributed by atoms with Crippen LogP contribution in [0.3, 0.4) is 0 Å². The molecule has 0 aromatic carbocycles. The largest absolute Gasteiger partial charge is 0.340 e. The van der Waals surface area contributed by atoms with Gasteiger partial charge in [-0.3, -0.25) is 4.79 Å². The first kappa shape index (κ1) is 7.58. The molecule has 0 bridgehead atoms. The molecule has 57 valence electrons. The van der Waals surface area contributed by atoms with E-state index in [0.717, 1.165) is 19.4 Å². The zero-order valence-electron chi connectivity index (χ0n) is 6.47. The van der Waals surface area contributed by atoms with Gasteiger partial charge in [-0.25, -0.2) is 0 Å². The Morgan fingerprint density at radius 2 is 2.30 bits per heavy atom. The molecule has 1 amide bonds. The predicted molar refractivity (Wildman–Crippen MR) is 40.4 cm³/mol. The third-order valence-electron chi connectivity index (χ3n) is 2.03. The zero-order valence-corrected chi connectivity index (χ0v) is 6.47. The van der Waals surface area contributed by atoms with E-state index in [1.54, 1.807) is 6.92 Å². The number of hydrogen-bond acceptors (Lipinski definition) is 1. The zero-order chi connectivity index (χ0) is 7.56. The topological polar surface area (TPSA) is 20.3 Å². The van der Waals surface area contributed by atoms with E-state index in [1.165, 1.54) is 6.42 Å². The smallest absolute Gasteiger partial charge is 0.219 e. The number of carbonyl (C=O) groups is 1. The van der Waals surface area contributed by atoms with Crippen molar-refractivity contribution in [1.29, 1.82) is 0 Å². The Morgan fingerprint density at radius 3 is 2.70 bits per heavy atom. The van der Waals surface area contributed by atoms with Crippen molar-refractivity contribution in [2.45, 2.75) is 32.2 Å². The lowest BCUT2D eigenvalue weighted by molar-refractivity contribution is -0.131. The number of nitrogens with zero attached hydrogens (tertiary/aromatic N) is 1. The molecule has 10 heavy (non-hydrogen) atoms. The minimum absolute atomic E-state index is 0.166. The van der Waals surface area contributed by atoms with Gasteiger partial charge in [0.05, 0.1) is 0 Å². The summed E-state index contributed by atoms with van der Waals surface area (Å²) in [5, 5.41) is 0. The Labute approximate surface area is 62.2 Å². The maximum atomic E-state index is 10.9. The van der Waals surface area contributed by atoms with Crippen molar-refractivity contribution >= 4 is 5.91 Å². The standard InChI is InChI=1S/C8H14NO/c1-7-5-3-4-6-9(7)8(2)10/h7H,1,3-6H2,2H3. The molecule has 0 N–H and O–H groups in total. The van der Waals surface area contributed by atoms with Gasteiger partial charge in [-0.2, -0.15) is 0 Å². The molecule has 1 saturated heterocycles. The van der Waals surface area contributed by atoms with Crippen molar-refractivity contribution in [2.24, 2.45) is 0 Å². The Balaban J connectivity index is 2.47. The monoisotopic (exact) mass is 140 g/mol. The Bertz CT molecular complexity index is 133. The van der Waals surface area contributed by atoms with Crippen molar-refractivity contribution in [3.05, 3.63) is 6.92 Å². The van der Waals surface area contributed by atoms with Crippen LogP contribution in [0, 0.1) is 6.92 Å². The maximum Gasteiger partial charge on any atom is 0.219 e. The van der Waals surface area contributed by atoms with Gasteiger partial charge >= 0.3 is 0 Å². The molecule has 1 fully saturated rings. The fourth-order valence-corrected chi connectivity index (χ4v) is 1.42. The first-order valence-corrected chi connectivity index (χ1v) is 3.82. The van der Waals surface area contributed by atoms with Crippen LogP contribution in [0.4, 0.5) is 0 Å². The number of rotatable bonds is 0. The molecule has 2 nitrogen and oxygen atoms in total. The molecule has 2 heteroatoms. The third kappa shape index (κ3) is 1.49. The summed E-state index contributed by atoms with van der Waals surface area (Å²) in [4.78, 5) is 12.7. The average Bonchev–Trinajstić information content (AvgIpc) is 1.88. The van der Waals surface area contributed by atoms with E-state index in [4.69, 9.17) is 0 Å². The van der Waals surface area contributed by atoms with Gasteiger partial charge in [0.2, 0.25) is 5.91 Å². The highest BCUT2D eigenvalue weighted by molar-refractivity contribution is 5.73. The molecule has 1 unspecified atom stereocenters. The first-order chi connectivity index (χ1) is 4.72. The van der Waals surface area contributed by atoms with Crippen LogP contribution in [0.25, 0.3) is 0 Å². The third-order valence-corrected chi connectivity index (χ3v) is 2.03. The van der Waals surface area contributed by atoms with Crippen LogP contribution in [0.5, 0.6) is 0 Å². The summed E-state index contributed by atoms with van der Waals surface area (Å²) in [5.74, 6) is 0.166. The van der Waals surface area contributed by atoms with Gasteiger partial charge in [0.1, 0.15) is 0 Å². The number of piperidine rings is 1. The highest BCUT2D eigenvalue weighted by Gasteiger charge is 2.19. The molecule has 0 aromatic heterocycles. The fraction of sp³-hybridized carbons (Fsp3) is 0.750. The number of carbonyl (C=O) groups excluding carboxylic acids is 1. The van der Waals surface area contributed by atoms with Gasteiger partial charge in [-0.05, 0) is 26.2 Å². The van der Waals surface area contributed by atoms with Crippen molar-refractivity contribution in [3.8, 4) is 0 Å². The average molecular weight is 140 g/mol. The lowest BCUT2D eigenvalue weighted by Gasteiger charge is -2.32. The molecule has 1 heterocycles. The van der Waals surface area contributed by atoms with E-state index in [2.05, 4.69) is 6.92 Å². The molecule has 1 aliphatic heterocycles. The summed E-state index contributed by atoms with van der Waals surface area (Å²) in [5.41, 5.74) is 0. The molecule has 0 aromatic rings. The number of amides is 1. The Hall–Kier alpha value is -0.530. The SMILES string of the molecule is [CH2]C1CCCCN1C(C)=O. The minimum atomic E-state index is 0.166. The Kier molecular flexibility index (Phi) is 2.30. The molecular formula is C8H14NO. The number of likely N-dealkylation sites (tertiary alicyclic amines) is 1. The van der Waals surface area contributed by atoms with E-state index in [9.17, 15) is 4.79 Å². The lowest BCUT2D eigenvalue weighted by atomic mass is 10.0. The summed E-state index contributed by atoms with van der Waals surface area (Å²) in [7, 11) is 0. The summed E-state index contributed by atoms with van der Waals surface area (Å²) in [6, 6.07) is 0.228. The van der Waals surface area contributed by atoms with Gasteiger partial charge in [0.15, 0.2) is 0 Å². The summed E-state index contributed by atoms with van der Waals surface area (Å²) >= 11 is 0. The second kappa shape index (κ2) is 3.04. The molecule has 0 aliphatic carbocycles.